The largest absolute Gasteiger partial charge is 0.361 e. The first-order valence-corrected chi connectivity index (χ1v) is 10.2. The van der Waals surface area contributed by atoms with E-state index in [1.165, 1.54) is 37.9 Å². The lowest BCUT2D eigenvalue weighted by Gasteiger charge is -2.33. The molecule has 2 atom stereocenters. The number of aryl methyl sites for hydroxylation is 2. The predicted octanol–water partition coefficient (Wildman–Crippen LogP) is 3.83. The number of aromatic nitrogens is 1. The summed E-state index contributed by atoms with van der Waals surface area (Å²) in [6.07, 6.45) is 5.23. The zero-order chi connectivity index (χ0) is 18.9. The van der Waals surface area contributed by atoms with Crippen molar-refractivity contribution < 1.29 is 4.52 Å². The number of likely N-dealkylation sites (tertiary alicyclic amines) is 1. The molecule has 1 aliphatic rings. The van der Waals surface area contributed by atoms with Crippen molar-refractivity contribution in [1.29, 1.82) is 0 Å². The van der Waals surface area contributed by atoms with Crippen LogP contribution in [0.4, 0.5) is 0 Å². The van der Waals surface area contributed by atoms with Gasteiger partial charge in [0, 0.05) is 43.7 Å². The summed E-state index contributed by atoms with van der Waals surface area (Å²) < 4.78 is 5.28. The van der Waals surface area contributed by atoms with E-state index in [9.17, 15) is 0 Å². The van der Waals surface area contributed by atoms with Gasteiger partial charge in [-0.3, -0.25) is 4.99 Å². The summed E-state index contributed by atoms with van der Waals surface area (Å²) in [6, 6.07) is 0.738. The van der Waals surface area contributed by atoms with Crippen molar-refractivity contribution in [3.05, 3.63) is 17.0 Å². The van der Waals surface area contributed by atoms with Gasteiger partial charge in [-0.1, -0.05) is 18.5 Å². The van der Waals surface area contributed by atoms with Gasteiger partial charge in [-0.15, -0.1) is 24.0 Å². The maximum atomic E-state index is 5.28. The molecule has 0 saturated carbocycles. The molecule has 7 heteroatoms. The Kier molecular flexibility index (Phi) is 11.3. The van der Waals surface area contributed by atoms with Gasteiger partial charge in [0.05, 0.1) is 5.69 Å². The highest BCUT2D eigenvalue weighted by Gasteiger charge is 2.18. The third-order valence-electron chi connectivity index (χ3n) is 5.30. The molecule has 1 aromatic rings. The van der Waals surface area contributed by atoms with Crippen LogP contribution < -0.4 is 10.6 Å². The van der Waals surface area contributed by atoms with Gasteiger partial charge in [0.25, 0.3) is 0 Å². The van der Waals surface area contributed by atoms with Crippen LogP contribution >= 0.6 is 24.0 Å². The number of rotatable bonds is 8. The summed E-state index contributed by atoms with van der Waals surface area (Å²) in [6.45, 7) is 15.6. The van der Waals surface area contributed by atoms with Crippen LogP contribution in [0.15, 0.2) is 9.52 Å². The number of piperidine rings is 1. The van der Waals surface area contributed by atoms with Gasteiger partial charge in [0.1, 0.15) is 5.76 Å². The fourth-order valence-electron chi connectivity index (χ4n) is 3.83. The summed E-state index contributed by atoms with van der Waals surface area (Å²) in [5, 5.41) is 10.9. The predicted molar refractivity (Wildman–Crippen MR) is 123 cm³/mol. The molecule has 1 aromatic heterocycles. The molecule has 27 heavy (non-hydrogen) atoms. The maximum absolute atomic E-state index is 5.28. The molecule has 2 heterocycles. The molecule has 2 unspecified atom stereocenters. The highest BCUT2D eigenvalue weighted by molar-refractivity contribution is 14.0. The molecule has 156 valence electrons. The van der Waals surface area contributed by atoms with Crippen molar-refractivity contribution in [2.45, 2.75) is 72.3 Å². The summed E-state index contributed by atoms with van der Waals surface area (Å²) >= 11 is 0. The van der Waals surface area contributed by atoms with E-state index in [1.54, 1.807) is 0 Å². The van der Waals surface area contributed by atoms with Gasteiger partial charge in [0.2, 0.25) is 0 Å². The van der Waals surface area contributed by atoms with Gasteiger partial charge < -0.3 is 20.1 Å². The number of aliphatic imine (C=N–C) groups is 1. The second-order valence-corrected chi connectivity index (χ2v) is 7.52. The number of hydrogen-bond acceptors (Lipinski definition) is 4. The topological polar surface area (TPSA) is 65.7 Å². The first-order valence-electron chi connectivity index (χ1n) is 10.2. The zero-order valence-corrected chi connectivity index (χ0v) is 20.0. The molecule has 1 fully saturated rings. The highest BCUT2D eigenvalue weighted by atomic mass is 127. The summed E-state index contributed by atoms with van der Waals surface area (Å²) in [5.74, 6) is 2.10. The minimum Gasteiger partial charge on any atom is -0.361 e. The van der Waals surface area contributed by atoms with Crippen LogP contribution in [0.3, 0.4) is 0 Å². The Bertz CT molecular complexity index is 555. The van der Waals surface area contributed by atoms with Crippen LogP contribution in [0.2, 0.25) is 0 Å². The van der Waals surface area contributed by atoms with Crippen molar-refractivity contribution in [2.24, 2.45) is 4.99 Å². The van der Waals surface area contributed by atoms with Gasteiger partial charge in [-0.05, 0) is 53.5 Å². The maximum Gasteiger partial charge on any atom is 0.191 e. The monoisotopic (exact) mass is 491 g/mol. The molecule has 1 saturated heterocycles. The van der Waals surface area contributed by atoms with E-state index in [1.807, 2.05) is 13.8 Å². The van der Waals surface area contributed by atoms with E-state index in [4.69, 9.17) is 9.52 Å². The minimum absolute atomic E-state index is 0. The average molecular weight is 491 g/mol. The molecule has 1 aliphatic heterocycles. The van der Waals surface area contributed by atoms with Gasteiger partial charge in [-0.2, -0.15) is 0 Å². The first kappa shape index (κ1) is 24.2. The van der Waals surface area contributed by atoms with Crippen molar-refractivity contribution >= 4 is 29.9 Å². The van der Waals surface area contributed by atoms with E-state index in [-0.39, 0.29) is 24.0 Å². The Morgan fingerprint density at radius 1 is 1.33 bits per heavy atom. The Morgan fingerprint density at radius 2 is 2.11 bits per heavy atom. The average Bonchev–Trinajstić information content (AvgIpc) is 2.96. The standard InChI is InChI=1S/C20H37N5O.HI/c1-6-21-20(22-11-9-13-25-12-8-7-10-16(25)3)23-14-15(2)19-17(4)24-26-18(19)5;/h15-16H,6-14H2,1-5H3,(H2,21,22,23);1H. The molecule has 0 aliphatic carbocycles. The van der Waals surface area contributed by atoms with Crippen molar-refractivity contribution in [3.8, 4) is 0 Å². The van der Waals surface area contributed by atoms with Crippen molar-refractivity contribution in [1.82, 2.24) is 20.7 Å². The molecule has 0 bridgehead atoms. The van der Waals surface area contributed by atoms with Crippen molar-refractivity contribution in [2.75, 3.05) is 32.7 Å². The number of nitrogens with zero attached hydrogens (tertiary/aromatic N) is 3. The van der Waals surface area contributed by atoms with E-state index >= 15 is 0 Å². The Balaban J connectivity index is 0.00000364. The second-order valence-electron chi connectivity index (χ2n) is 7.52. The molecule has 0 aromatic carbocycles. The summed E-state index contributed by atoms with van der Waals surface area (Å²) in [4.78, 5) is 7.38. The highest BCUT2D eigenvalue weighted by Crippen LogP contribution is 2.23. The second kappa shape index (κ2) is 12.6. The lowest BCUT2D eigenvalue weighted by atomic mass is 10.00. The van der Waals surface area contributed by atoms with Gasteiger partial charge in [-0.25, -0.2) is 0 Å². The fourth-order valence-corrected chi connectivity index (χ4v) is 3.83. The third-order valence-corrected chi connectivity index (χ3v) is 5.30. The van der Waals surface area contributed by atoms with E-state index in [0.717, 1.165) is 49.5 Å². The molecule has 2 rings (SSSR count). The molecule has 0 radical (unpaired) electrons. The lowest BCUT2D eigenvalue weighted by Crippen LogP contribution is -2.41. The fraction of sp³-hybridized carbons (Fsp3) is 0.800. The normalized spacial score (nSPS) is 19.4. The quantitative estimate of drug-likeness (QED) is 0.251. The first-order chi connectivity index (χ1) is 12.5. The Labute approximate surface area is 181 Å². The molecule has 0 amide bonds. The van der Waals surface area contributed by atoms with Gasteiger partial charge in [0.15, 0.2) is 5.96 Å². The van der Waals surface area contributed by atoms with Crippen LogP contribution in [-0.2, 0) is 0 Å². The molecular weight excluding hydrogens is 453 g/mol. The lowest BCUT2D eigenvalue weighted by molar-refractivity contribution is 0.159. The number of halogens is 1. The molecule has 2 N–H and O–H groups in total. The van der Waals surface area contributed by atoms with E-state index in [0.29, 0.717) is 5.92 Å². The van der Waals surface area contributed by atoms with E-state index < -0.39 is 0 Å². The van der Waals surface area contributed by atoms with E-state index in [2.05, 4.69) is 41.5 Å². The number of nitrogens with one attached hydrogen (secondary N) is 2. The van der Waals surface area contributed by atoms with Crippen LogP contribution in [-0.4, -0.2) is 54.8 Å². The zero-order valence-electron chi connectivity index (χ0n) is 17.7. The molecular formula is C20H38IN5O. The van der Waals surface area contributed by atoms with Crippen LogP contribution in [0.25, 0.3) is 0 Å². The summed E-state index contributed by atoms with van der Waals surface area (Å²) in [5.41, 5.74) is 2.16. The summed E-state index contributed by atoms with van der Waals surface area (Å²) in [7, 11) is 0. The Morgan fingerprint density at radius 3 is 2.74 bits per heavy atom. The molecule has 0 spiro atoms. The SMILES string of the molecule is CCNC(=NCC(C)c1c(C)noc1C)NCCCN1CCCCC1C.I. The van der Waals surface area contributed by atoms with Crippen LogP contribution in [0.5, 0.6) is 0 Å². The number of hydrogen-bond donors (Lipinski definition) is 2. The number of guanidine groups is 1. The van der Waals surface area contributed by atoms with Crippen molar-refractivity contribution in [3.63, 3.8) is 0 Å². The van der Waals surface area contributed by atoms with Crippen LogP contribution in [0.1, 0.15) is 69.4 Å². The third kappa shape index (κ3) is 7.60. The smallest absolute Gasteiger partial charge is 0.191 e. The molecule has 6 nitrogen and oxygen atoms in total. The van der Waals surface area contributed by atoms with Crippen LogP contribution in [0, 0.1) is 13.8 Å². The Hall–Kier alpha value is -0.830. The minimum atomic E-state index is 0. The van der Waals surface area contributed by atoms with Gasteiger partial charge >= 0.3 is 0 Å².